The minimum absolute atomic E-state index is 0. The molecule has 0 saturated carbocycles. The molecule has 0 atom stereocenters. The van der Waals surface area contributed by atoms with Gasteiger partial charge in [0.2, 0.25) is 5.82 Å². The Morgan fingerprint density at radius 2 is 1.23 bits per heavy atom. The standard InChI is InChI=1S/C14H14F5N2.4O.Re/c1-7(2)14-20(3)4-5-21(14)6-8-9(15)11(17)13(19)12(18)10(8)16;;;;;/h4-5,7H,6H2,1-3H3;;;;;/q+1;4*-2;. The molecule has 0 unspecified atom stereocenters. The molecule has 0 aliphatic carbocycles. The monoisotopic (exact) mass is 556 g/mol. The molecule has 2 aromatic rings. The van der Waals surface area contributed by atoms with Crippen molar-refractivity contribution in [2.45, 2.75) is 26.3 Å². The number of hydrogen-bond donors (Lipinski definition) is 0. The first kappa shape index (κ1) is 32.3. The van der Waals surface area contributed by atoms with Crippen LogP contribution < -0.4 is 4.57 Å². The molecule has 26 heavy (non-hydrogen) atoms. The van der Waals surface area contributed by atoms with Gasteiger partial charge in [-0.25, -0.2) is 31.1 Å². The van der Waals surface area contributed by atoms with Crippen LogP contribution in [0.4, 0.5) is 22.0 Å². The Balaban J connectivity index is -0.000000484. The summed E-state index contributed by atoms with van der Waals surface area (Å²) in [6.45, 7) is 3.30. The van der Waals surface area contributed by atoms with E-state index in [-0.39, 0.29) is 48.2 Å². The van der Waals surface area contributed by atoms with Crippen molar-refractivity contribution in [2.24, 2.45) is 7.05 Å². The topological polar surface area (TPSA) is 123 Å². The molecular formula is C14H14F5N2O4Re-7. The Morgan fingerprint density at radius 3 is 1.62 bits per heavy atom. The second-order valence-corrected chi connectivity index (χ2v) is 5.10. The first-order chi connectivity index (χ1) is 9.75. The van der Waals surface area contributed by atoms with E-state index >= 15 is 0 Å². The molecule has 6 nitrogen and oxygen atoms in total. The van der Waals surface area contributed by atoms with Crippen LogP contribution in [0.15, 0.2) is 12.4 Å². The van der Waals surface area contributed by atoms with Crippen LogP contribution >= 0.6 is 0 Å². The second-order valence-electron chi connectivity index (χ2n) is 5.10. The molecule has 2 rings (SSSR count). The normalized spacial score (nSPS) is 9.27. The van der Waals surface area contributed by atoms with Gasteiger partial charge in [0.25, 0.3) is 5.82 Å². The maximum Gasteiger partial charge on any atom is 0.259 e. The van der Waals surface area contributed by atoms with Crippen molar-refractivity contribution in [3.63, 3.8) is 0 Å². The Labute approximate surface area is 160 Å². The quantitative estimate of drug-likeness (QED) is 0.239. The predicted octanol–water partition coefficient (Wildman–Crippen LogP) is 2.70. The van der Waals surface area contributed by atoms with Crippen molar-refractivity contribution in [2.75, 3.05) is 0 Å². The summed E-state index contributed by atoms with van der Waals surface area (Å²) >= 11 is 0. The zero-order valence-corrected chi connectivity index (χ0v) is 16.5. The van der Waals surface area contributed by atoms with Crippen LogP contribution in [0.25, 0.3) is 0 Å². The van der Waals surface area contributed by atoms with E-state index in [1.807, 2.05) is 13.8 Å². The van der Waals surface area contributed by atoms with Crippen molar-refractivity contribution < 1.29 is 68.8 Å². The van der Waals surface area contributed by atoms with Crippen molar-refractivity contribution in [3.05, 3.63) is 52.9 Å². The fourth-order valence-corrected chi connectivity index (χ4v) is 2.37. The van der Waals surface area contributed by atoms with Gasteiger partial charge in [-0.2, -0.15) is 0 Å². The van der Waals surface area contributed by atoms with E-state index < -0.39 is 41.2 Å². The third kappa shape index (κ3) is 5.54. The zero-order chi connectivity index (χ0) is 15.9. The SMILES string of the molecule is CC(C)c1n(Cc2c(F)c(F)c(F)c(F)c2F)cc[n+]1C.[O-2].[O-2].[O-2].[O-2].[Re]. The molecule has 1 radical (unpaired) electrons. The molecule has 1 aromatic heterocycles. The second kappa shape index (κ2) is 12.1. The Morgan fingerprint density at radius 1 is 0.846 bits per heavy atom. The van der Waals surface area contributed by atoms with Gasteiger partial charge >= 0.3 is 0 Å². The minimum Gasteiger partial charge on any atom is -2.00 e. The fraction of sp³-hybridized carbons (Fsp3) is 0.357. The molecule has 153 valence electrons. The molecule has 0 N–H and O–H groups in total. The number of rotatable bonds is 3. The van der Waals surface area contributed by atoms with Crippen LogP contribution in [0, 0.1) is 29.1 Å². The molecular weight excluding hydrogens is 541 g/mol. The fourth-order valence-electron chi connectivity index (χ4n) is 2.37. The summed E-state index contributed by atoms with van der Waals surface area (Å²) in [7, 11) is 1.74. The zero-order valence-electron chi connectivity index (χ0n) is 13.7. The summed E-state index contributed by atoms with van der Waals surface area (Å²) in [4.78, 5) is 0. The molecule has 0 amide bonds. The van der Waals surface area contributed by atoms with Crippen LogP contribution in [0.1, 0.15) is 31.2 Å². The molecule has 0 spiro atoms. The van der Waals surface area contributed by atoms with E-state index in [2.05, 4.69) is 0 Å². The summed E-state index contributed by atoms with van der Waals surface area (Å²) in [5.74, 6) is -8.85. The Kier molecular flexibility index (Phi) is 15.0. The van der Waals surface area contributed by atoms with E-state index in [0.717, 1.165) is 0 Å². The Bertz CT molecular complexity index is 684. The molecule has 0 aliphatic rings. The van der Waals surface area contributed by atoms with Gasteiger partial charge in [0, 0.05) is 20.4 Å². The van der Waals surface area contributed by atoms with Crippen LogP contribution in [0.3, 0.4) is 0 Å². The summed E-state index contributed by atoms with van der Waals surface area (Å²) in [6, 6.07) is 0. The van der Waals surface area contributed by atoms with Crippen LogP contribution in [-0.4, -0.2) is 4.57 Å². The summed E-state index contributed by atoms with van der Waals surface area (Å²) in [6.07, 6.45) is 3.19. The molecule has 0 fully saturated rings. The van der Waals surface area contributed by atoms with Crippen LogP contribution in [0.5, 0.6) is 0 Å². The van der Waals surface area contributed by atoms with Crippen molar-refractivity contribution in [3.8, 4) is 0 Å². The number of hydrogen-bond acceptors (Lipinski definition) is 0. The van der Waals surface area contributed by atoms with Crippen molar-refractivity contribution in [1.82, 2.24) is 4.57 Å². The van der Waals surface area contributed by atoms with Crippen LogP contribution in [0.2, 0.25) is 0 Å². The van der Waals surface area contributed by atoms with Crippen LogP contribution in [-0.2, 0) is 55.9 Å². The first-order valence-electron chi connectivity index (χ1n) is 6.30. The predicted molar refractivity (Wildman–Crippen MR) is 67.8 cm³/mol. The summed E-state index contributed by atoms with van der Waals surface area (Å²) in [5, 5.41) is 0. The van der Waals surface area contributed by atoms with Gasteiger partial charge in [0.05, 0.1) is 18.5 Å². The number of imidazole rings is 1. The number of aromatic nitrogens is 2. The average Bonchev–Trinajstić information content (AvgIpc) is 2.80. The number of nitrogens with zero attached hydrogens (tertiary/aromatic N) is 2. The van der Waals surface area contributed by atoms with Gasteiger partial charge in [-0.15, -0.1) is 0 Å². The number of halogens is 5. The van der Waals surface area contributed by atoms with Gasteiger partial charge in [0.1, 0.15) is 18.9 Å². The van der Waals surface area contributed by atoms with Crippen molar-refractivity contribution in [1.29, 1.82) is 0 Å². The van der Waals surface area contributed by atoms with E-state index in [4.69, 9.17) is 0 Å². The van der Waals surface area contributed by atoms with Gasteiger partial charge in [-0.1, -0.05) is 13.8 Å². The largest absolute Gasteiger partial charge is 2.00 e. The van der Waals surface area contributed by atoms with Gasteiger partial charge in [-0.05, 0) is 0 Å². The van der Waals surface area contributed by atoms with Gasteiger partial charge < -0.3 is 21.9 Å². The maximum absolute atomic E-state index is 13.7. The summed E-state index contributed by atoms with van der Waals surface area (Å²) < 4.78 is 70.0. The van der Waals surface area contributed by atoms with E-state index in [1.165, 1.54) is 10.8 Å². The summed E-state index contributed by atoms with van der Waals surface area (Å²) in [5.41, 5.74) is -0.843. The molecule has 1 aromatic carbocycles. The van der Waals surface area contributed by atoms with Gasteiger partial charge in [-0.3, -0.25) is 0 Å². The molecule has 0 bridgehead atoms. The van der Waals surface area contributed by atoms with Crippen molar-refractivity contribution >= 4 is 0 Å². The van der Waals surface area contributed by atoms with E-state index in [1.54, 1.807) is 17.8 Å². The van der Waals surface area contributed by atoms with E-state index in [0.29, 0.717) is 5.82 Å². The molecule has 0 aliphatic heterocycles. The third-order valence-corrected chi connectivity index (χ3v) is 3.27. The average molecular weight is 555 g/mol. The Hall–Kier alpha value is -1.42. The molecule has 12 heteroatoms. The first-order valence-corrected chi connectivity index (χ1v) is 6.30. The number of benzene rings is 1. The third-order valence-electron chi connectivity index (χ3n) is 3.27. The smallest absolute Gasteiger partial charge is 0.259 e. The minimum atomic E-state index is -2.14. The number of aryl methyl sites for hydroxylation is 1. The van der Waals surface area contributed by atoms with Gasteiger partial charge in [0.15, 0.2) is 23.3 Å². The molecule has 1 heterocycles. The maximum atomic E-state index is 13.7. The molecule has 0 saturated heterocycles. The van der Waals surface area contributed by atoms with E-state index in [9.17, 15) is 22.0 Å².